The van der Waals surface area contributed by atoms with Crippen molar-refractivity contribution >= 4 is 21.8 Å². The Balaban J connectivity index is 2.97. The van der Waals surface area contributed by atoms with Crippen molar-refractivity contribution in [2.45, 2.75) is 11.8 Å². The van der Waals surface area contributed by atoms with E-state index < -0.39 is 23.4 Å². The van der Waals surface area contributed by atoms with Gasteiger partial charge in [0.25, 0.3) is 5.91 Å². The molecule has 1 aromatic carbocycles. The maximum atomic E-state index is 12.9. The van der Waals surface area contributed by atoms with Gasteiger partial charge >= 0.3 is 0 Å². The van der Waals surface area contributed by atoms with Gasteiger partial charge in [-0.15, -0.1) is 0 Å². The molecule has 17 heavy (non-hydrogen) atoms. The lowest BCUT2D eigenvalue weighted by Gasteiger charge is -2.18. The first-order valence-electron chi connectivity index (χ1n) is 4.87. The zero-order valence-corrected chi connectivity index (χ0v) is 10.9. The fourth-order valence-electron chi connectivity index (χ4n) is 1.36. The summed E-state index contributed by atoms with van der Waals surface area (Å²) < 4.78 is 38.6. The van der Waals surface area contributed by atoms with Crippen LogP contribution in [0.2, 0.25) is 0 Å². The summed E-state index contributed by atoms with van der Waals surface area (Å²) in [5.74, 6) is -4.87. The minimum absolute atomic E-state index is 0.0478. The Morgan fingerprint density at radius 1 is 1.35 bits per heavy atom. The molecule has 1 unspecified atom stereocenters. The van der Waals surface area contributed by atoms with Gasteiger partial charge in [0.05, 0.1) is 0 Å². The van der Waals surface area contributed by atoms with E-state index in [0.29, 0.717) is 18.7 Å². The summed E-state index contributed by atoms with van der Waals surface area (Å²) >= 11 is 3.25. The van der Waals surface area contributed by atoms with Crippen LogP contribution in [0.25, 0.3) is 0 Å². The number of carbonyl (C=O) groups is 1. The summed E-state index contributed by atoms with van der Waals surface area (Å²) in [6, 6.07) is 1.38. The quantitative estimate of drug-likeness (QED) is 0.621. The summed E-state index contributed by atoms with van der Waals surface area (Å²) in [4.78, 5) is 13.1. The SMILES string of the molecule is CC(Br)CN(C)C(=O)c1cc(F)c(F)c(F)c1. The second kappa shape index (κ2) is 5.53. The fraction of sp³-hybridized carbons (Fsp3) is 0.364. The third-order valence-corrected chi connectivity index (χ3v) is 2.39. The molecular formula is C11H11BrF3NO. The van der Waals surface area contributed by atoms with Gasteiger partial charge in [0.1, 0.15) is 0 Å². The van der Waals surface area contributed by atoms with E-state index >= 15 is 0 Å². The Morgan fingerprint density at radius 2 is 1.82 bits per heavy atom. The maximum Gasteiger partial charge on any atom is 0.253 e. The first-order chi connectivity index (χ1) is 7.82. The second-order valence-corrected chi connectivity index (χ2v) is 5.28. The molecule has 1 rings (SSSR count). The minimum Gasteiger partial charge on any atom is -0.341 e. The number of hydrogen-bond donors (Lipinski definition) is 0. The molecule has 0 radical (unpaired) electrons. The molecule has 0 saturated carbocycles. The van der Waals surface area contributed by atoms with E-state index in [2.05, 4.69) is 15.9 Å². The highest BCUT2D eigenvalue weighted by molar-refractivity contribution is 9.09. The van der Waals surface area contributed by atoms with E-state index in [1.54, 1.807) is 0 Å². The lowest BCUT2D eigenvalue weighted by molar-refractivity contribution is 0.0796. The third-order valence-electron chi connectivity index (χ3n) is 2.10. The van der Waals surface area contributed by atoms with Gasteiger partial charge in [-0.05, 0) is 12.1 Å². The van der Waals surface area contributed by atoms with Crippen molar-refractivity contribution in [3.05, 3.63) is 35.1 Å². The van der Waals surface area contributed by atoms with Crippen LogP contribution >= 0.6 is 15.9 Å². The molecule has 0 bridgehead atoms. The van der Waals surface area contributed by atoms with E-state index in [4.69, 9.17) is 0 Å². The van der Waals surface area contributed by atoms with Crippen LogP contribution in [0.3, 0.4) is 0 Å². The standard InChI is InChI=1S/C11H11BrF3NO/c1-6(12)5-16(2)11(17)7-3-8(13)10(15)9(14)4-7/h3-4,6H,5H2,1-2H3. The molecule has 1 aromatic rings. The number of benzene rings is 1. The van der Waals surface area contributed by atoms with Crippen molar-refractivity contribution in [3.8, 4) is 0 Å². The molecule has 0 aliphatic heterocycles. The number of halogens is 4. The topological polar surface area (TPSA) is 20.3 Å². The van der Waals surface area contributed by atoms with Gasteiger partial charge in [-0.3, -0.25) is 4.79 Å². The molecule has 0 aliphatic carbocycles. The van der Waals surface area contributed by atoms with Crippen molar-refractivity contribution in [2.75, 3.05) is 13.6 Å². The minimum atomic E-state index is -1.57. The lowest BCUT2D eigenvalue weighted by Crippen LogP contribution is -2.31. The first kappa shape index (κ1) is 14.0. The van der Waals surface area contributed by atoms with Crippen LogP contribution in [0.4, 0.5) is 13.2 Å². The Morgan fingerprint density at radius 3 is 2.24 bits per heavy atom. The van der Waals surface area contributed by atoms with Gasteiger partial charge in [-0.1, -0.05) is 22.9 Å². The van der Waals surface area contributed by atoms with Crippen molar-refractivity contribution < 1.29 is 18.0 Å². The number of amides is 1. The predicted octanol–water partition coefficient (Wildman–Crippen LogP) is 2.96. The zero-order chi connectivity index (χ0) is 13.2. The summed E-state index contributed by atoms with van der Waals surface area (Å²) in [5, 5.41) is 0. The van der Waals surface area contributed by atoms with Gasteiger partial charge in [-0.2, -0.15) is 0 Å². The van der Waals surface area contributed by atoms with Crippen molar-refractivity contribution in [1.29, 1.82) is 0 Å². The van der Waals surface area contributed by atoms with E-state index in [1.807, 2.05) is 6.92 Å². The number of rotatable bonds is 3. The van der Waals surface area contributed by atoms with Crippen molar-refractivity contribution in [1.82, 2.24) is 4.90 Å². The number of nitrogens with zero attached hydrogens (tertiary/aromatic N) is 1. The Labute approximate surface area is 106 Å². The number of alkyl halides is 1. The van der Waals surface area contributed by atoms with Gasteiger partial charge < -0.3 is 4.90 Å². The highest BCUT2D eigenvalue weighted by Gasteiger charge is 2.18. The van der Waals surface area contributed by atoms with E-state index in [-0.39, 0.29) is 10.4 Å². The largest absolute Gasteiger partial charge is 0.341 e. The molecule has 0 N–H and O–H groups in total. The monoisotopic (exact) mass is 309 g/mol. The molecule has 2 nitrogen and oxygen atoms in total. The predicted molar refractivity (Wildman–Crippen MR) is 61.7 cm³/mol. The molecule has 1 amide bonds. The van der Waals surface area contributed by atoms with Crippen LogP contribution in [-0.4, -0.2) is 29.2 Å². The molecule has 0 aromatic heterocycles. The van der Waals surface area contributed by atoms with Gasteiger partial charge in [-0.25, -0.2) is 13.2 Å². The molecule has 6 heteroatoms. The maximum absolute atomic E-state index is 12.9. The smallest absolute Gasteiger partial charge is 0.253 e. The molecule has 0 fully saturated rings. The Bertz CT molecular complexity index is 414. The summed E-state index contributed by atoms with van der Waals surface area (Å²) in [6.45, 7) is 2.20. The average molecular weight is 310 g/mol. The normalized spacial score (nSPS) is 12.4. The lowest BCUT2D eigenvalue weighted by atomic mass is 10.2. The Kier molecular flexibility index (Phi) is 4.56. The van der Waals surface area contributed by atoms with E-state index in [1.165, 1.54) is 11.9 Å². The molecule has 1 atom stereocenters. The first-order valence-corrected chi connectivity index (χ1v) is 5.78. The molecule has 0 spiro atoms. The van der Waals surface area contributed by atoms with Crippen molar-refractivity contribution in [3.63, 3.8) is 0 Å². The molecule has 94 valence electrons. The van der Waals surface area contributed by atoms with Gasteiger partial charge in [0.2, 0.25) is 0 Å². The molecule has 0 aliphatic rings. The molecule has 0 saturated heterocycles. The molecular weight excluding hydrogens is 299 g/mol. The highest BCUT2D eigenvalue weighted by atomic mass is 79.9. The number of hydrogen-bond acceptors (Lipinski definition) is 1. The van der Waals surface area contributed by atoms with E-state index in [9.17, 15) is 18.0 Å². The highest BCUT2D eigenvalue weighted by Crippen LogP contribution is 2.15. The van der Waals surface area contributed by atoms with Gasteiger partial charge in [0.15, 0.2) is 17.5 Å². The summed E-state index contributed by atoms with van der Waals surface area (Å²) in [5.41, 5.74) is -0.211. The number of carbonyl (C=O) groups excluding carboxylic acids is 1. The average Bonchev–Trinajstić information content (AvgIpc) is 2.23. The molecule has 0 heterocycles. The van der Waals surface area contributed by atoms with Crippen LogP contribution in [-0.2, 0) is 0 Å². The summed E-state index contributed by atoms with van der Waals surface area (Å²) in [7, 11) is 1.50. The van der Waals surface area contributed by atoms with Gasteiger partial charge in [0, 0.05) is 24.0 Å². The second-order valence-electron chi connectivity index (χ2n) is 3.72. The third kappa shape index (κ3) is 3.46. The zero-order valence-electron chi connectivity index (χ0n) is 9.31. The Hall–Kier alpha value is -1.04. The van der Waals surface area contributed by atoms with E-state index in [0.717, 1.165) is 0 Å². The van der Waals surface area contributed by atoms with Crippen LogP contribution in [0.5, 0.6) is 0 Å². The van der Waals surface area contributed by atoms with Crippen LogP contribution < -0.4 is 0 Å². The fourth-order valence-corrected chi connectivity index (χ4v) is 1.79. The van der Waals surface area contributed by atoms with Crippen LogP contribution in [0, 0.1) is 17.5 Å². The van der Waals surface area contributed by atoms with Crippen molar-refractivity contribution in [2.24, 2.45) is 0 Å². The van der Waals surface area contributed by atoms with Crippen LogP contribution in [0.15, 0.2) is 12.1 Å². The van der Waals surface area contributed by atoms with Crippen LogP contribution in [0.1, 0.15) is 17.3 Å². The summed E-state index contributed by atoms with van der Waals surface area (Å²) in [6.07, 6.45) is 0.